The minimum absolute atomic E-state index is 0.126. The SMILES string of the molecule is CCCCNC(=O)c1ccc2c(c1)C(C(=Nc1ccc(CN3CCN(C)CC3)cc1)c1ccccc1)C(=O)N2. The van der Waals surface area contributed by atoms with E-state index in [0.29, 0.717) is 17.8 Å². The highest BCUT2D eigenvalue weighted by Gasteiger charge is 2.36. The van der Waals surface area contributed by atoms with Gasteiger partial charge in [-0.05, 0) is 60.5 Å². The molecule has 2 aliphatic rings. The van der Waals surface area contributed by atoms with Gasteiger partial charge in [0.25, 0.3) is 5.91 Å². The highest BCUT2D eigenvalue weighted by atomic mass is 16.2. The summed E-state index contributed by atoms with van der Waals surface area (Å²) in [7, 11) is 2.17. The first-order valence-corrected chi connectivity index (χ1v) is 13.9. The number of fused-ring (bicyclic) bond motifs is 1. The van der Waals surface area contributed by atoms with E-state index in [0.717, 1.165) is 68.1 Å². The monoisotopic (exact) mass is 523 g/mol. The molecule has 39 heavy (non-hydrogen) atoms. The lowest BCUT2D eigenvalue weighted by atomic mass is 9.89. The molecule has 3 aromatic carbocycles. The van der Waals surface area contributed by atoms with Gasteiger partial charge in [0.2, 0.25) is 5.91 Å². The topological polar surface area (TPSA) is 77.0 Å². The number of benzene rings is 3. The summed E-state index contributed by atoms with van der Waals surface area (Å²) in [6, 6.07) is 23.5. The minimum atomic E-state index is -0.615. The summed E-state index contributed by atoms with van der Waals surface area (Å²) >= 11 is 0. The van der Waals surface area contributed by atoms with Gasteiger partial charge in [0.05, 0.1) is 11.4 Å². The van der Waals surface area contributed by atoms with Crippen molar-refractivity contribution in [3.8, 4) is 0 Å². The molecule has 0 saturated carbocycles. The molecule has 2 heterocycles. The summed E-state index contributed by atoms with van der Waals surface area (Å²) in [6.07, 6.45) is 1.94. The van der Waals surface area contributed by atoms with E-state index in [1.165, 1.54) is 5.56 Å². The van der Waals surface area contributed by atoms with Gasteiger partial charge in [0.1, 0.15) is 5.92 Å². The molecule has 0 aromatic heterocycles. The molecule has 0 spiro atoms. The second-order valence-electron chi connectivity index (χ2n) is 10.4. The number of piperazine rings is 1. The number of amides is 2. The van der Waals surface area contributed by atoms with E-state index >= 15 is 0 Å². The predicted octanol–water partition coefficient (Wildman–Crippen LogP) is 4.82. The van der Waals surface area contributed by atoms with E-state index in [4.69, 9.17) is 4.99 Å². The molecule has 2 aliphatic heterocycles. The third-order valence-corrected chi connectivity index (χ3v) is 7.49. The van der Waals surface area contributed by atoms with Crippen LogP contribution in [0.3, 0.4) is 0 Å². The van der Waals surface area contributed by atoms with Gasteiger partial charge >= 0.3 is 0 Å². The Morgan fingerprint density at radius 3 is 2.44 bits per heavy atom. The van der Waals surface area contributed by atoms with E-state index in [1.807, 2.05) is 54.6 Å². The summed E-state index contributed by atoms with van der Waals surface area (Å²) < 4.78 is 0. The molecule has 0 bridgehead atoms. The number of nitrogens with zero attached hydrogens (tertiary/aromatic N) is 3. The number of anilines is 1. The van der Waals surface area contributed by atoms with Crippen LogP contribution in [-0.2, 0) is 11.3 Å². The van der Waals surface area contributed by atoms with E-state index in [2.05, 4.69) is 46.5 Å². The van der Waals surface area contributed by atoms with Crippen LogP contribution in [0.2, 0.25) is 0 Å². The van der Waals surface area contributed by atoms with E-state index < -0.39 is 5.92 Å². The van der Waals surface area contributed by atoms with Crippen molar-refractivity contribution in [1.29, 1.82) is 0 Å². The number of hydrogen-bond donors (Lipinski definition) is 2. The molecular formula is C32H37N5O2. The zero-order chi connectivity index (χ0) is 27.2. The number of carbonyl (C=O) groups is 2. The average molecular weight is 524 g/mol. The predicted molar refractivity (Wildman–Crippen MR) is 157 cm³/mol. The van der Waals surface area contributed by atoms with Gasteiger partial charge in [-0.25, -0.2) is 0 Å². The molecular weight excluding hydrogens is 486 g/mol. The molecule has 2 amide bonds. The summed E-state index contributed by atoms with van der Waals surface area (Å²) in [5.41, 5.74) is 5.64. The van der Waals surface area contributed by atoms with Crippen LogP contribution in [0.5, 0.6) is 0 Å². The standard InChI is InChI=1S/C32H37N5O2/c1-3-4-16-33-31(38)25-12-15-28-27(21-25)29(32(39)35-28)30(24-8-6-5-7-9-24)34-26-13-10-23(11-14-26)22-37-19-17-36(2)18-20-37/h5-15,21,29H,3-4,16-20,22H2,1-2H3,(H,33,38)(H,35,39). The molecule has 1 saturated heterocycles. The van der Waals surface area contributed by atoms with Crippen molar-refractivity contribution in [2.45, 2.75) is 32.2 Å². The Morgan fingerprint density at radius 1 is 0.974 bits per heavy atom. The molecule has 1 fully saturated rings. The van der Waals surface area contributed by atoms with Gasteiger partial charge in [-0.1, -0.05) is 55.8 Å². The Labute approximate surface area is 230 Å². The maximum atomic E-state index is 13.3. The van der Waals surface area contributed by atoms with Crippen LogP contribution in [0.25, 0.3) is 0 Å². The second-order valence-corrected chi connectivity index (χ2v) is 10.4. The molecule has 1 atom stereocenters. The first kappa shape index (κ1) is 26.8. The van der Waals surface area contributed by atoms with E-state index in [9.17, 15) is 9.59 Å². The largest absolute Gasteiger partial charge is 0.352 e. The summed E-state index contributed by atoms with van der Waals surface area (Å²) in [4.78, 5) is 36.0. The third kappa shape index (κ3) is 6.44. The first-order valence-electron chi connectivity index (χ1n) is 13.9. The number of carbonyl (C=O) groups excluding carboxylic acids is 2. The van der Waals surface area contributed by atoms with Crippen LogP contribution in [0.4, 0.5) is 11.4 Å². The van der Waals surface area contributed by atoms with Gasteiger partial charge in [-0.3, -0.25) is 19.5 Å². The fourth-order valence-corrected chi connectivity index (χ4v) is 5.14. The van der Waals surface area contributed by atoms with Crippen molar-refractivity contribution < 1.29 is 9.59 Å². The van der Waals surface area contributed by atoms with Crippen molar-refractivity contribution in [2.24, 2.45) is 4.99 Å². The number of hydrogen-bond acceptors (Lipinski definition) is 5. The van der Waals surface area contributed by atoms with Crippen molar-refractivity contribution in [3.63, 3.8) is 0 Å². The number of unbranched alkanes of at least 4 members (excludes halogenated alkanes) is 1. The van der Waals surface area contributed by atoms with Crippen LogP contribution in [0, 0.1) is 0 Å². The fraction of sp³-hybridized carbons (Fsp3) is 0.344. The molecule has 5 rings (SSSR count). The van der Waals surface area contributed by atoms with Crippen molar-refractivity contribution in [2.75, 3.05) is 45.1 Å². The van der Waals surface area contributed by atoms with Crippen molar-refractivity contribution >= 4 is 28.9 Å². The average Bonchev–Trinajstić information content (AvgIpc) is 3.29. The van der Waals surface area contributed by atoms with Gasteiger partial charge in [-0.15, -0.1) is 0 Å². The Morgan fingerprint density at radius 2 is 1.72 bits per heavy atom. The molecule has 202 valence electrons. The highest BCUT2D eigenvalue weighted by molar-refractivity contribution is 6.24. The number of aliphatic imine (C=N–C) groups is 1. The zero-order valence-corrected chi connectivity index (χ0v) is 22.8. The van der Waals surface area contributed by atoms with Crippen LogP contribution in [0.15, 0.2) is 77.8 Å². The number of likely N-dealkylation sites (N-methyl/N-ethyl adjacent to an activating group) is 1. The smallest absolute Gasteiger partial charge is 0.251 e. The van der Waals surface area contributed by atoms with Crippen LogP contribution >= 0.6 is 0 Å². The molecule has 2 N–H and O–H groups in total. The van der Waals surface area contributed by atoms with Crippen LogP contribution in [0.1, 0.15) is 52.7 Å². The van der Waals surface area contributed by atoms with Gasteiger partial charge in [-0.2, -0.15) is 0 Å². The zero-order valence-electron chi connectivity index (χ0n) is 22.8. The van der Waals surface area contributed by atoms with Crippen LogP contribution in [-0.4, -0.2) is 67.1 Å². The van der Waals surface area contributed by atoms with Gasteiger partial charge < -0.3 is 15.5 Å². The quantitative estimate of drug-likeness (QED) is 0.311. The third-order valence-electron chi connectivity index (χ3n) is 7.49. The Hall–Kier alpha value is -3.81. The lowest BCUT2D eigenvalue weighted by Crippen LogP contribution is -2.43. The van der Waals surface area contributed by atoms with E-state index in [-0.39, 0.29) is 11.8 Å². The number of rotatable bonds is 9. The summed E-state index contributed by atoms with van der Waals surface area (Å²) in [5.74, 6) is -0.878. The highest BCUT2D eigenvalue weighted by Crippen LogP contribution is 2.37. The Balaban J connectivity index is 1.43. The fourth-order valence-electron chi connectivity index (χ4n) is 5.14. The Kier molecular flexibility index (Phi) is 8.49. The van der Waals surface area contributed by atoms with Crippen molar-refractivity contribution in [1.82, 2.24) is 15.1 Å². The lowest BCUT2D eigenvalue weighted by molar-refractivity contribution is -0.115. The van der Waals surface area contributed by atoms with Crippen LogP contribution < -0.4 is 10.6 Å². The lowest BCUT2D eigenvalue weighted by Gasteiger charge is -2.32. The molecule has 0 aliphatic carbocycles. The maximum Gasteiger partial charge on any atom is 0.251 e. The molecule has 7 nitrogen and oxygen atoms in total. The normalized spacial score (nSPS) is 18.1. The molecule has 0 radical (unpaired) electrons. The molecule has 3 aromatic rings. The second kappa shape index (κ2) is 12.4. The van der Waals surface area contributed by atoms with Gasteiger partial charge in [0, 0.05) is 50.5 Å². The van der Waals surface area contributed by atoms with Gasteiger partial charge in [0.15, 0.2) is 0 Å². The first-order chi connectivity index (χ1) is 19.0. The summed E-state index contributed by atoms with van der Waals surface area (Å²) in [5, 5.41) is 5.97. The van der Waals surface area contributed by atoms with Crippen molar-refractivity contribution in [3.05, 3.63) is 95.1 Å². The molecule has 7 heteroatoms. The number of nitrogens with one attached hydrogen (secondary N) is 2. The summed E-state index contributed by atoms with van der Waals surface area (Å²) in [6.45, 7) is 7.98. The molecule has 1 unspecified atom stereocenters. The maximum absolute atomic E-state index is 13.3. The Bertz CT molecular complexity index is 1330. The minimum Gasteiger partial charge on any atom is -0.352 e. The van der Waals surface area contributed by atoms with E-state index in [1.54, 1.807) is 6.07 Å².